The van der Waals surface area contributed by atoms with Crippen LogP contribution in [0.1, 0.15) is 39.2 Å². The van der Waals surface area contributed by atoms with Crippen LogP contribution in [-0.4, -0.2) is 46.8 Å². The van der Waals surface area contributed by atoms with E-state index in [1.54, 1.807) is 13.8 Å². The minimum atomic E-state index is -0.109. The van der Waals surface area contributed by atoms with Crippen LogP contribution in [0.25, 0.3) is 0 Å². The first kappa shape index (κ1) is 18.1. The Morgan fingerprint density at radius 2 is 1.88 bits per heavy atom. The van der Waals surface area contributed by atoms with E-state index >= 15 is 0 Å². The fourth-order valence-electron chi connectivity index (χ4n) is 3.41. The Labute approximate surface area is 144 Å². The number of carbonyl (C=O) groups is 2. The standard InChI is InChI=1S/C20H26N2O2/c1-4-8-20(24)22(16(2)15-18-9-6-5-7-10-18)19-11-13-21(14-12-19)17(3)23/h5-7,9-10,16,19H,11-15H2,1-3H3. The zero-order valence-electron chi connectivity index (χ0n) is 14.8. The van der Waals surface area contributed by atoms with Crippen LogP contribution in [0.4, 0.5) is 0 Å². The van der Waals surface area contributed by atoms with E-state index in [0.717, 1.165) is 19.3 Å². The maximum absolute atomic E-state index is 12.6. The number of likely N-dealkylation sites (tertiary alicyclic amines) is 1. The van der Waals surface area contributed by atoms with Crippen molar-refractivity contribution < 1.29 is 9.59 Å². The topological polar surface area (TPSA) is 40.6 Å². The van der Waals surface area contributed by atoms with Gasteiger partial charge in [0, 0.05) is 32.1 Å². The third kappa shape index (κ3) is 4.61. The Kier molecular flexibility index (Phi) is 6.43. The summed E-state index contributed by atoms with van der Waals surface area (Å²) in [5.74, 6) is 5.43. The lowest BCUT2D eigenvalue weighted by Gasteiger charge is -2.40. The van der Waals surface area contributed by atoms with Crippen LogP contribution in [-0.2, 0) is 16.0 Å². The molecule has 0 radical (unpaired) electrons. The summed E-state index contributed by atoms with van der Waals surface area (Å²) < 4.78 is 0. The maximum Gasteiger partial charge on any atom is 0.298 e. The molecule has 1 unspecified atom stereocenters. The first-order valence-electron chi connectivity index (χ1n) is 8.57. The Morgan fingerprint density at radius 1 is 1.25 bits per heavy atom. The van der Waals surface area contributed by atoms with E-state index in [1.165, 1.54) is 5.56 Å². The van der Waals surface area contributed by atoms with Crippen LogP contribution in [0.2, 0.25) is 0 Å². The Hall–Kier alpha value is -2.28. The largest absolute Gasteiger partial charge is 0.343 e. The molecule has 1 aromatic rings. The predicted octanol–water partition coefficient (Wildman–Crippen LogP) is 2.48. The molecule has 4 heteroatoms. The van der Waals surface area contributed by atoms with Gasteiger partial charge in [0.2, 0.25) is 5.91 Å². The van der Waals surface area contributed by atoms with Crippen molar-refractivity contribution in [2.45, 2.75) is 52.1 Å². The summed E-state index contributed by atoms with van der Waals surface area (Å²) in [6.07, 6.45) is 2.44. The van der Waals surface area contributed by atoms with Gasteiger partial charge in [0.1, 0.15) is 0 Å². The number of benzene rings is 1. The highest BCUT2D eigenvalue weighted by Gasteiger charge is 2.31. The van der Waals surface area contributed by atoms with Crippen molar-refractivity contribution in [3.63, 3.8) is 0 Å². The van der Waals surface area contributed by atoms with Gasteiger partial charge in [-0.05, 0) is 44.6 Å². The van der Waals surface area contributed by atoms with Crippen molar-refractivity contribution in [1.29, 1.82) is 0 Å². The lowest BCUT2D eigenvalue weighted by molar-refractivity contribution is -0.133. The molecule has 1 saturated heterocycles. The summed E-state index contributed by atoms with van der Waals surface area (Å²) in [5.41, 5.74) is 1.22. The van der Waals surface area contributed by atoms with E-state index in [-0.39, 0.29) is 23.9 Å². The highest BCUT2D eigenvalue weighted by Crippen LogP contribution is 2.21. The molecular formula is C20H26N2O2. The van der Waals surface area contributed by atoms with E-state index in [2.05, 4.69) is 30.9 Å². The predicted molar refractivity (Wildman–Crippen MR) is 95.2 cm³/mol. The second-order valence-electron chi connectivity index (χ2n) is 6.36. The third-order valence-corrected chi connectivity index (χ3v) is 4.62. The van der Waals surface area contributed by atoms with Gasteiger partial charge in [-0.1, -0.05) is 36.3 Å². The van der Waals surface area contributed by atoms with Gasteiger partial charge in [0.15, 0.2) is 0 Å². The fourth-order valence-corrected chi connectivity index (χ4v) is 3.41. The Balaban J connectivity index is 2.11. The number of amides is 2. The van der Waals surface area contributed by atoms with Crippen LogP contribution in [0, 0.1) is 11.8 Å². The molecule has 1 aromatic carbocycles. The summed E-state index contributed by atoms with van der Waals surface area (Å²) in [4.78, 5) is 27.9. The second kappa shape index (κ2) is 8.54. The normalized spacial score (nSPS) is 16.0. The smallest absolute Gasteiger partial charge is 0.298 e. The lowest BCUT2D eigenvalue weighted by atomic mass is 9.98. The van der Waals surface area contributed by atoms with Gasteiger partial charge < -0.3 is 9.80 Å². The first-order chi connectivity index (χ1) is 11.5. The number of hydrogen-bond donors (Lipinski definition) is 0. The minimum Gasteiger partial charge on any atom is -0.343 e. The summed E-state index contributed by atoms with van der Waals surface area (Å²) in [6, 6.07) is 10.4. The van der Waals surface area contributed by atoms with Gasteiger partial charge in [-0.25, -0.2) is 0 Å². The van der Waals surface area contributed by atoms with Crippen molar-refractivity contribution in [3.05, 3.63) is 35.9 Å². The molecule has 128 valence electrons. The van der Waals surface area contributed by atoms with Gasteiger partial charge in [-0.3, -0.25) is 9.59 Å². The molecule has 1 aliphatic rings. The van der Waals surface area contributed by atoms with Gasteiger partial charge in [-0.15, -0.1) is 0 Å². The second-order valence-corrected chi connectivity index (χ2v) is 6.36. The Bertz CT molecular complexity index is 622. The van der Waals surface area contributed by atoms with E-state index < -0.39 is 0 Å². The number of rotatable bonds is 4. The molecular weight excluding hydrogens is 300 g/mol. The molecule has 0 N–H and O–H groups in total. The maximum atomic E-state index is 12.6. The molecule has 1 aliphatic heterocycles. The molecule has 1 atom stereocenters. The number of carbonyl (C=O) groups excluding carboxylic acids is 2. The summed E-state index contributed by atoms with van der Waals surface area (Å²) in [6.45, 7) is 6.79. The van der Waals surface area contributed by atoms with Crippen molar-refractivity contribution in [2.75, 3.05) is 13.1 Å². The molecule has 24 heavy (non-hydrogen) atoms. The molecule has 4 nitrogen and oxygen atoms in total. The minimum absolute atomic E-state index is 0.0784. The summed E-state index contributed by atoms with van der Waals surface area (Å²) in [7, 11) is 0. The Morgan fingerprint density at radius 3 is 2.42 bits per heavy atom. The molecule has 0 bridgehead atoms. The number of piperidine rings is 1. The zero-order valence-corrected chi connectivity index (χ0v) is 14.8. The molecule has 0 aromatic heterocycles. The van der Waals surface area contributed by atoms with E-state index in [9.17, 15) is 9.59 Å². The van der Waals surface area contributed by atoms with Crippen LogP contribution >= 0.6 is 0 Å². The van der Waals surface area contributed by atoms with Crippen molar-refractivity contribution >= 4 is 11.8 Å². The average molecular weight is 326 g/mol. The lowest BCUT2D eigenvalue weighted by Crippen LogP contribution is -2.51. The molecule has 1 heterocycles. The highest BCUT2D eigenvalue weighted by atomic mass is 16.2. The molecule has 2 rings (SSSR count). The monoisotopic (exact) mass is 326 g/mol. The SMILES string of the molecule is CC#CC(=O)N(C(C)Cc1ccccc1)C1CCN(C(C)=O)CC1. The van der Waals surface area contributed by atoms with Crippen LogP contribution in [0.3, 0.4) is 0 Å². The molecule has 2 amide bonds. The van der Waals surface area contributed by atoms with E-state index in [4.69, 9.17) is 0 Å². The van der Waals surface area contributed by atoms with Crippen LogP contribution in [0.5, 0.6) is 0 Å². The van der Waals surface area contributed by atoms with Gasteiger partial charge in [0.05, 0.1) is 0 Å². The highest BCUT2D eigenvalue weighted by molar-refractivity contribution is 5.94. The zero-order chi connectivity index (χ0) is 17.5. The molecule has 0 spiro atoms. The van der Waals surface area contributed by atoms with Crippen LogP contribution < -0.4 is 0 Å². The van der Waals surface area contributed by atoms with E-state index in [1.807, 2.05) is 28.0 Å². The summed E-state index contributed by atoms with van der Waals surface area (Å²) in [5, 5.41) is 0. The quantitative estimate of drug-likeness (QED) is 0.798. The average Bonchev–Trinajstić information content (AvgIpc) is 2.56. The summed E-state index contributed by atoms with van der Waals surface area (Å²) >= 11 is 0. The molecule has 1 fully saturated rings. The van der Waals surface area contributed by atoms with Crippen LogP contribution in [0.15, 0.2) is 30.3 Å². The van der Waals surface area contributed by atoms with Crippen molar-refractivity contribution in [1.82, 2.24) is 9.80 Å². The fraction of sp³-hybridized carbons (Fsp3) is 0.500. The van der Waals surface area contributed by atoms with E-state index in [0.29, 0.717) is 13.1 Å². The third-order valence-electron chi connectivity index (χ3n) is 4.62. The van der Waals surface area contributed by atoms with Gasteiger partial charge in [0.25, 0.3) is 5.91 Å². The number of nitrogens with zero attached hydrogens (tertiary/aromatic N) is 2. The van der Waals surface area contributed by atoms with Crippen molar-refractivity contribution in [3.8, 4) is 11.8 Å². The number of hydrogen-bond acceptors (Lipinski definition) is 2. The van der Waals surface area contributed by atoms with Crippen molar-refractivity contribution in [2.24, 2.45) is 0 Å². The van der Waals surface area contributed by atoms with Gasteiger partial charge in [-0.2, -0.15) is 0 Å². The van der Waals surface area contributed by atoms with Gasteiger partial charge >= 0.3 is 0 Å². The molecule has 0 aliphatic carbocycles. The first-order valence-corrected chi connectivity index (χ1v) is 8.57. The molecule has 0 saturated carbocycles.